The van der Waals surface area contributed by atoms with Gasteiger partial charge >= 0.3 is 0 Å². The van der Waals surface area contributed by atoms with Crippen LogP contribution in [0.4, 0.5) is 0 Å². The molecule has 0 aliphatic heterocycles. The average Bonchev–Trinajstić information content (AvgIpc) is 2.64. The largest absolute Gasteiger partial charge is 0.318 e. The Hall–Kier alpha value is -1.48. The highest BCUT2D eigenvalue weighted by atomic mass is 32.2. The molecule has 0 saturated carbocycles. The molecule has 0 saturated heterocycles. The second-order valence-corrected chi connectivity index (χ2v) is 4.86. The summed E-state index contributed by atoms with van der Waals surface area (Å²) in [5.41, 5.74) is 3.95. The third-order valence-corrected chi connectivity index (χ3v) is 3.63. The second-order valence-electron chi connectivity index (χ2n) is 3.98. The maximum atomic E-state index is 10.9. The van der Waals surface area contributed by atoms with E-state index in [-0.39, 0.29) is 0 Å². The van der Waals surface area contributed by atoms with Crippen molar-refractivity contribution >= 4 is 18.0 Å². The Morgan fingerprint density at radius 1 is 1.24 bits per heavy atom. The summed E-state index contributed by atoms with van der Waals surface area (Å²) in [5, 5.41) is 0. The van der Waals surface area contributed by atoms with Gasteiger partial charge in [-0.2, -0.15) is 0 Å². The van der Waals surface area contributed by atoms with Crippen molar-refractivity contribution in [3.8, 4) is 5.69 Å². The van der Waals surface area contributed by atoms with Crippen LogP contribution in [0.15, 0.2) is 35.2 Å². The average molecular weight is 245 g/mol. The smallest absolute Gasteiger partial charge is 0.151 e. The third-order valence-electron chi connectivity index (χ3n) is 2.91. The van der Waals surface area contributed by atoms with Gasteiger partial charge in [0.25, 0.3) is 0 Å². The molecule has 0 spiro atoms. The van der Waals surface area contributed by atoms with Crippen LogP contribution in [0.2, 0.25) is 0 Å². The van der Waals surface area contributed by atoms with Gasteiger partial charge in [-0.1, -0.05) is 6.07 Å². The monoisotopic (exact) mass is 245 g/mol. The number of rotatable bonds is 3. The van der Waals surface area contributed by atoms with E-state index in [4.69, 9.17) is 0 Å². The molecule has 1 aromatic heterocycles. The lowest BCUT2D eigenvalue weighted by molar-refractivity contribution is 0.112. The van der Waals surface area contributed by atoms with Gasteiger partial charge in [-0.15, -0.1) is 11.8 Å². The number of thioether (sulfide) groups is 1. The molecule has 2 aromatic rings. The normalized spacial score (nSPS) is 10.5. The van der Waals surface area contributed by atoms with Crippen LogP contribution in [0.25, 0.3) is 5.69 Å². The molecule has 1 aromatic carbocycles. The minimum atomic E-state index is 0.761. The summed E-state index contributed by atoms with van der Waals surface area (Å²) < 4.78 is 2.11. The first-order valence-corrected chi connectivity index (χ1v) is 6.68. The number of benzene rings is 1. The Morgan fingerprint density at radius 3 is 2.59 bits per heavy atom. The SMILES string of the molecule is CSc1cccc(-n2c(C)cc(C=O)c2C)c1. The van der Waals surface area contributed by atoms with Crippen LogP contribution in [-0.2, 0) is 0 Å². The number of carbonyl (C=O) groups is 1. The predicted octanol–water partition coefficient (Wildman–Crippen LogP) is 3.63. The van der Waals surface area contributed by atoms with Gasteiger partial charge in [0, 0.05) is 27.5 Å². The summed E-state index contributed by atoms with van der Waals surface area (Å²) >= 11 is 1.72. The molecule has 0 N–H and O–H groups in total. The first-order chi connectivity index (χ1) is 8.17. The zero-order valence-corrected chi connectivity index (χ0v) is 11.0. The van der Waals surface area contributed by atoms with Crippen molar-refractivity contribution in [3.63, 3.8) is 0 Å². The van der Waals surface area contributed by atoms with Crippen LogP contribution < -0.4 is 0 Å². The van der Waals surface area contributed by atoms with E-state index in [1.165, 1.54) is 4.90 Å². The molecule has 2 rings (SSSR count). The summed E-state index contributed by atoms with van der Waals surface area (Å²) in [5.74, 6) is 0. The van der Waals surface area contributed by atoms with Gasteiger partial charge in [0.2, 0.25) is 0 Å². The van der Waals surface area contributed by atoms with Gasteiger partial charge < -0.3 is 4.57 Å². The summed E-state index contributed by atoms with van der Waals surface area (Å²) in [6.07, 6.45) is 2.97. The van der Waals surface area contributed by atoms with Crippen LogP contribution in [-0.4, -0.2) is 17.1 Å². The van der Waals surface area contributed by atoms with Gasteiger partial charge in [0.15, 0.2) is 6.29 Å². The van der Waals surface area contributed by atoms with Crippen molar-refractivity contribution in [1.82, 2.24) is 4.57 Å². The summed E-state index contributed by atoms with van der Waals surface area (Å²) in [6, 6.07) is 10.3. The van der Waals surface area contributed by atoms with Crippen molar-refractivity contribution in [2.75, 3.05) is 6.26 Å². The summed E-state index contributed by atoms with van der Waals surface area (Å²) in [4.78, 5) is 12.2. The minimum Gasteiger partial charge on any atom is -0.318 e. The lowest BCUT2D eigenvalue weighted by atomic mass is 10.2. The van der Waals surface area contributed by atoms with E-state index >= 15 is 0 Å². The minimum absolute atomic E-state index is 0.761. The number of aryl methyl sites for hydroxylation is 1. The molecular weight excluding hydrogens is 230 g/mol. The fraction of sp³-hybridized carbons (Fsp3) is 0.214. The second kappa shape index (κ2) is 4.80. The van der Waals surface area contributed by atoms with Gasteiger partial charge in [-0.3, -0.25) is 4.79 Å². The molecule has 1 heterocycles. The fourth-order valence-electron chi connectivity index (χ4n) is 2.05. The maximum absolute atomic E-state index is 10.9. The van der Waals surface area contributed by atoms with E-state index in [9.17, 15) is 4.79 Å². The first-order valence-electron chi connectivity index (χ1n) is 5.46. The predicted molar refractivity (Wildman–Crippen MR) is 72.4 cm³/mol. The Balaban J connectivity index is 2.59. The third kappa shape index (κ3) is 2.15. The Bertz CT molecular complexity index is 557. The van der Waals surface area contributed by atoms with Crippen LogP contribution in [0, 0.1) is 13.8 Å². The lowest BCUT2D eigenvalue weighted by Crippen LogP contribution is -1.99. The van der Waals surface area contributed by atoms with E-state index in [1.807, 2.05) is 26.0 Å². The molecule has 88 valence electrons. The highest BCUT2D eigenvalue weighted by Gasteiger charge is 2.09. The van der Waals surface area contributed by atoms with Crippen molar-refractivity contribution < 1.29 is 4.79 Å². The number of carbonyl (C=O) groups excluding carboxylic acids is 1. The van der Waals surface area contributed by atoms with E-state index in [0.717, 1.165) is 28.9 Å². The molecular formula is C14H15NOS. The van der Waals surface area contributed by atoms with Crippen LogP contribution in [0.1, 0.15) is 21.7 Å². The highest BCUT2D eigenvalue weighted by Crippen LogP contribution is 2.23. The molecule has 0 aliphatic rings. The van der Waals surface area contributed by atoms with Gasteiger partial charge in [-0.25, -0.2) is 0 Å². The number of aldehydes is 1. The van der Waals surface area contributed by atoms with Crippen LogP contribution in [0.5, 0.6) is 0 Å². The van der Waals surface area contributed by atoms with Crippen molar-refractivity contribution in [3.05, 3.63) is 47.3 Å². The zero-order valence-electron chi connectivity index (χ0n) is 10.2. The number of hydrogen-bond acceptors (Lipinski definition) is 2. The quantitative estimate of drug-likeness (QED) is 0.608. The molecule has 17 heavy (non-hydrogen) atoms. The van der Waals surface area contributed by atoms with Gasteiger partial charge in [-0.05, 0) is 44.4 Å². The highest BCUT2D eigenvalue weighted by molar-refractivity contribution is 7.98. The molecule has 0 amide bonds. The summed E-state index contributed by atoms with van der Waals surface area (Å²) in [6.45, 7) is 3.99. The van der Waals surface area contributed by atoms with Crippen molar-refractivity contribution in [2.45, 2.75) is 18.7 Å². The van der Waals surface area contributed by atoms with E-state index in [1.54, 1.807) is 11.8 Å². The molecule has 0 fully saturated rings. The molecule has 3 heteroatoms. The van der Waals surface area contributed by atoms with Gasteiger partial charge in [0.1, 0.15) is 0 Å². The Morgan fingerprint density at radius 2 is 2.00 bits per heavy atom. The van der Waals surface area contributed by atoms with Crippen molar-refractivity contribution in [1.29, 1.82) is 0 Å². The molecule has 0 unspecified atom stereocenters. The fourth-order valence-corrected chi connectivity index (χ4v) is 2.51. The topological polar surface area (TPSA) is 22.0 Å². The molecule has 0 bridgehead atoms. The zero-order chi connectivity index (χ0) is 12.4. The first kappa shape index (κ1) is 12.0. The number of aromatic nitrogens is 1. The van der Waals surface area contributed by atoms with E-state index in [0.29, 0.717) is 0 Å². The van der Waals surface area contributed by atoms with Crippen LogP contribution in [0.3, 0.4) is 0 Å². The molecule has 0 aliphatic carbocycles. The van der Waals surface area contributed by atoms with E-state index < -0.39 is 0 Å². The standard InChI is InChI=1S/C14H15NOS/c1-10-7-12(9-16)11(2)15(10)13-5-4-6-14(8-13)17-3/h4-9H,1-3H3. The van der Waals surface area contributed by atoms with Crippen LogP contribution >= 0.6 is 11.8 Å². The maximum Gasteiger partial charge on any atom is 0.151 e. The van der Waals surface area contributed by atoms with Crippen molar-refractivity contribution in [2.24, 2.45) is 0 Å². The molecule has 2 nitrogen and oxygen atoms in total. The Kier molecular flexibility index (Phi) is 3.38. The number of hydrogen-bond donors (Lipinski definition) is 0. The summed E-state index contributed by atoms with van der Waals surface area (Å²) in [7, 11) is 0. The van der Waals surface area contributed by atoms with E-state index in [2.05, 4.69) is 29.0 Å². The molecule has 0 radical (unpaired) electrons. The molecule has 0 atom stereocenters. The lowest BCUT2D eigenvalue weighted by Gasteiger charge is -2.10. The Labute approximate surface area is 106 Å². The van der Waals surface area contributed by atoms with Gasteiger partial charge in [0.05, 0.1) is 0 Å². The number of nitrogens with zero attached hydrogens (tertiary/aromatic N) is 1.